The fourth-order valence-electron chi connectivity index (χ4n) is 7.49. The first kappa shape index (κ1) is 20.0. The van der Waals surface area contributed by atoms with Crippen LogP contribution < -0.4 is 5.32 Å². The van der Waals surface area contributed by atoms with Crippen LogP contribution in [0.5, 0.6) is 0 Å². The Morgan fingerprint density at radius 2 is 1.84 bits per heavy atom. The fraction of sp³-hybridized carbons (Fsp3) is 0.640. The number of hydrogen-bond donors (Lipinski definition) is 1. The number of carbonyl (C=O) groups excluding carboxylic acids is 1. The van der Waals surface area contributed by atoms with E-state index in [0.29, 0.717) is 10.7 Å². The summed E-state index contributed by atoms with van der Waals surface area (Å²) in [7, 11) is 0. The van der Waals surface area contributed by atoms with E-state index in [0.717, 1.165) is 54.1 Å². The normalized spacial score (nSPS) is 33.7. The molecular weight excluding hydrogens is 452 g/mol. The van der Waals surface area contributed by atoms with E-state index in [2.05, 4.69) is 48.1 Å². The maximum absolute atomic E-state index is 13.0. The van der Waals surface area contributed by atoms with Crippen molar-refractivity contribution in [2.75, 3.05) is 5.32 Å². The van der Waals surface area contributed by atoms with E-state index in [1.807, 2.05) is 12.1 Å². The number of halogens is 1. The van der Waals surface area contributed by atoms with Crippen LogP contribution in [0.1, 0.15) is 70.0 Å². The maximum atomic E-state index is 13.0. The molecule has 1 amide bonds. The van der Waals surface area contributed by atoms with Gasteiger partial charge in [-0.1, -0.05) is 22.4 Å². The van der Waals surface area contributed by atoms with E-state index >= 15 is 0 Å². The van der Waals surface area contributed by atoms with Crippen LogP contribution in [0.2, 0.25) is 0 Å². The topological polar surface area (TPSA) is 59.8 Å². The van der Waals surface area contributed by atoms with Gasteiger partial charge < -0.3 is 9.88 Å². The van der Waals surface area contributed by atoms with Crippen LogP contribution in [-0.4, -0.2) is 25.0 Å². The number of aromatic nitrogens is 3. The Hall–Kier alpha value is -1.69. The zero-order valence-corrected chi connectivity index (χ0v) is 19.7. The van der Waals surface area contributed by atoms with Crippen molar-refractivity contribution in [3.05, 3.63) is 30.1 Å². The lowest BCUT2D eigenvalue weighted by molar-refractivity contribution is -0.123. The number of rotatable bonds is 4. The Balaban J connectivity index is 1.14. The maximum Gasteiger partial charge on any atom is 0.224 e. The van der Waals surface area contributed by atoms with Gasteiger partial charge in [-0.25, -0.2) is 0 Å². The molecule has 7 rings (SSSR count). The van der Waals surface area contributed by atoms with Crippen molar-refractivity contribution in [1.82, 2.24) is 14.8 Å². The zero-order valence-electron chi connectivity index (χ0n) is 18.1. The summed E-state index contributed by atoms with van der Waals surface area (Å²) in [5, 5.41) is 12.0. The monoisotopic (exact) mass is 482 g/mol. The molecule has 1 N–H and O–H groups in total. The fourth-order valence-corrected chi connectivity index (χ4v) is 9.00. The molecule has 31 heavy (non-hydrogen) atoms. The zero-order chi connectivity index (χ0) is 21.1. The van der Waals surface area contributed by atoms with Gasteiger partial charge in [0.2, 0.25) is 5.91 Å². The molecule has 6 heteroatoms. The molecule has 5 nitrogen and oxygen atoms in total. The van der Waals surface area contributed by atoms with Crippen LogP contribution in [0, 0.1) is 17.3 Å². The average molecular weight is 483 g/mol. The number of aryl methyl sites for hydroxylation is 1. The third-order valence-corrected chi connectivity index (χ3v) is 9.11. The molecule has 1 aromatic heterocycles. The van der Waals surface area contributed by atoms with Crippen molar-refractivity contribution in [2.24, 2.45) is 17.3 Å². The van der Waals surface area contributed by atoms with Crippen molar-refractivity contribution in [1.29, 1.82) is 0 Å². The molecular formula is C25H31BrN4O. The van der Waals surface area contributed by atoms with Crippen LogP contribution in [0.15, 0.2) is 24.3 Å². The van der Waals surface area contributed by atoms with E-state index < -0.39 is 0 Å². The Kier molecular flexibility index (Phi) is 4.78. The van der Waals surface area contributed by atoms with Crippen molar-refractivity contribution >= 4 is 27.5 Å². The first-order chi connectivity index (χ1) is 15.0. The van der Waals surface area contributed by atoms with Crippen molar-refractivity contribution in [2.45, 2.75) is 81.5 Å². The minimum atomic E-state index is 0.169. The first-order valence-electron chi connectivity index (χ1n) is 12.0. The number of carbonyl (C=O) groups is 1. The van der Waals surface area contributed by atoms with Gasteiger partial charge in [0.15, 0.2) is 5.82 Å². The molecule has 5 aliphatic rings. The Morgan fingerprint density at radius 1 is 1.06 bits per heavy atom. The summed E-state index contributed by atoms with van der Waals surface area (Å²) in [5.41, 5.74) is 2.15. The molecule has 2 heterocycles. The van der Waals surface area contributed by atoms with E-state index in [9.17, 15) is 4.79 Å². The number of nitrogens with zero attached hydrogens (tertiary/aromatic N) is 3. The number of benzene rings is 1. The van der Waals surface area contributed by atoms with Gasteiger partial charge in [0.05, 0.1) is 0 Å². The SMILES string of the molecule is O=C(CC12CC3CC(CC(Br)(C3)C1)C2)Nc1ccc(-c2nnc3n2CCCCC3)cc1. The third kappa shape index (κ3) is 3.75. The second-order valence-corrected chi connectivity index (χ2v) is 12.5. The quantitative estimate of drug-likeness (QED) is 0.565. The van der Waals surface area contributed by atoms with Gasteiger partial charge in [-0.05, 0) is 92.9 Å². The van der Waals surface area contributed by atoms with E-state index in [1.165, 1.54) is 51.4 Å². The number of fused-ring (bicyclic) bond motifs is 1. The van der Waals surface area contributed by atoms with Gasteiger partial charge in [0, 0.05) is 35.0 Å². The lowest BCUT2D eigenvalue weighted by Gasteiger charge is -2.60. The summed E-state index contributed by atoms with van der Waals surface area (Å²) in [6, 6.07) is 8.15. The minimum absolute atomic E-state index is 0.169. The van der Waals surface area contributed by atoms with Crippen LogP contribution in [0.4, 0.5) is 5.69 Å². The number of hydrogen-bond acceptors (Lipinski definition) is 3. The smallest absolute Gasteiger partial charge is 0.224 e. The van der Waals surface area contributed by atoms with Gasteiger partial charge in [0.1, 0.15) is 5.82 Å². The van der Waals surface area contributed by atoms with Gasteiger partial charge in [0.25, 0.3) is 0 Å². The highest BCUT2D eigenvalue weighted by molar-refractivity contribution is 9.10. The molecule has 4 bridgehead atoms. The largest absolute Gasteiger partial charge is 0.326 e. The van der Waals surface area contributed by atoms with E-state index in [1.54, 1.807) is 0 Å². The van der Waals surface area contributed by atoms with Gasteiger partial charge >= 0.3 is 0 Å². The van der Waals surface area contributed by atoms with Crippen LogP contribution in [0.25, 0.3) is 11.4 Å². The van der Waals surface area contributed by atoms with Gasteiger partial charge in [-0.2, -0.15) is 0 Å². The summed E-state index contributed by atoms with van der Waals surface area (Å²) in [5.74, 6) is 3.84. The van der Waals surface area contributed by atoms with Crippen LogP contribution >= 0.6 is 15.9 Å². The van der Waals surface area contributed by atoms with Crippen molar-refractivity contribution in [3.63, 3.8) is 0 Å². The molecule has 0 radical (unpaired) electrons. The Morgan fingerprint density at radius 3 is 2.58 bits per heavy atom. The van der Waals surface area contributed by atoms with Crippen molar-refractivity contribution in [3.8, 4) is 11.4 Å². The second kappa shape index (κ2) is 7.43. The molecule has 4 fully saturated rings. The Labute approximate surface area is 192 Å². The molecule has 0 saturated heterocycles. The molecule has 0 spiro atoms. The highest BCUT2D eigenvalue weighted by Gasteiger charge is 2.57. The molecule has 2 atom stereocenters. The van der Waals surface area contributed by atoms with Crippen molar-refractivity contribution < 1.29 is 4.79 Å². The second-order valence-electron chi connectivity index (χ2n) is 10.8. The summed E-state index contributed by atoms with van der Waals surface area (Å²) < 4.78 is 2.57. The molecule has 1 aliphatic heterocycles. The molecule has 1 aromatic carbocycles. The molecule has 4 saturated carbocycles. The highest BCUT2D eigenvalue weighted by atomic mass is 79.9. The summed E-state index contributed by atoms with van der Waals surface area (Å²) in [6.45, 7) is 0.995. The van der Waals surface area contributed by atoms with Crippen LogP contribution in [-0.2, 0) is 17.8 Å². The van der Waals surface area contributed by atoms with E-state index in [-0.39, 0.29) is 11.3 Å². The predicted molar refractivity (Wildman–Crippen MR) is 125 cm³/mol. The number of anilines is 1. The molecule has 4 aliphatic carbocycles. The van der Waals surface area contributed by atoms with Gasteiger partial charge in [-0.3, -0.25) is 4.79 Å². The number of nitrogens with one attached hydrogen (secondary N) is 1. The predicted octanol–water partition coefficient (Wildman–Crippen LogP) is 5.73. The third-order valence-electron chi connectivity index (χ3n) is 8.18. The Bertz CT molecular complexity index is 983. The summed E-state index contributed by atoms with van der Waals surface area (Å²) >= 11 is 4.06. The summed E-state index contributed by atoms with van der Waals surface area (Å²) in [6.07, 6.45) is 12.9. The standard InChI is InChI=1S/C25H31BrN4O/c26-25-13-17-10-18(14-25)12-24(11-17,16-25)15-22(31)27-20-7-5-19(6-8-20)23-29-28-21-4-2-1-3-9-30(21)23/h5-8,17-18H,1-4,9-16H2,(H,27,31). The highest BCUT2D eigenvalue weighted by Crippen LogP contribution is 2.65. The number of alkyl halides is 1. The average Bonchev–Trinajstić information content (AvgIpc) is 2.94. The van der Waals surface area contributed by atoms with E-state index in [4.69, 9.17) is 0 Å². The molecule has 2 unspecified atom stereocenters. The minimum Gasteiger partial charge on any atom is -0.326 e. The van der Waals surface area contributed by atoms with Crippen LogP contribution in [0.3, 0.4) is 0 Å². The summed E-state index contributed by atoms with van der Waals surface area (Å²) in [4.78, 5) is 13.0. The number of amides is 1. The first-order valence-corrected chi connectivity index (χ1v) is 12.8. The molecule has 2 aromatic rings. The lowest BCUT2D eigenvalue weighted by atomic mass is 9.48. The van der Waals surface area contributed by atoms with Gasteiger partial charge in [-0.15, -0.1) is 10.2 Å². The lowest BCUT2D eigenvalue weighted by Crippen LogP contribution is -2.53. The molecule has 164 valence electrons.